The average Bonchev–Trinajstić information content (AvgIpc) is 2.81. The van der Waals surface area contributed by atoms with Gasteiger partial charge in [-0.05, 0) is 23.6 Å². The molecule has 17 heavy (non-hydrogen) atoms. The molecule has 0 aliphatic rings. The molecule has 0 spiro atoms. The van der Waals surface area contributed by atoms with E-state index in [1.807, 2.05) is 17.5 Å². The van der Waals surface area contributed by atoms with Crippen LogP contribution in [0.15, 0.2) is 35.7 Å². The van der Waals surface area contributed by atoms with Crippen molar-refractivity contribution in [1.82, 2.24) is 0 Å². The highest BCUT2D eigenvalue weighted by atomic mass is 35.5. The van der Waals surface area contributed by atoms with Crippen molar-refractivity contribution in [3.63, 3.8) is 0 Å². The Hall–Kier alpha value is -1.23. The Morgan fingerprint density at radius 1 is 1.29 bits per heavy atom. The highest BCUT2D eigenvalue weighted by molar-refractivity contribution is 7.10. The van der Waals surface area contributed by atoms with Crippen molar-refractivity contribution in [2.75, 3.05) is 7.11 Å². The Kier molecular flexibility index (Phi) is 4.81. The zero-order valence-electron chi connectivity index (χ0n) is 9.29. The number of nitrogens with two attached hydrogens (primary N) is 1. The van der Waals surface area contributed by atoms with Gasteiger partial charge in [0.25, 0.3) is 0 Å². The van der Waals surface area contributed by atoms with Crippen LogP contribution < -0.4 is 10.5 Å². The van der Waals surface area contributed by atoms with E-state index >= 15 is 0 Å². The van der Waals surface area contributed by atoms with Crippen LogP contribution in [-0.4, -0.2) is 12.2 Å². The number of halogens is 1. The number of aromatic hydroxyl groups is 1. The van der Waals surface area contributed by atoms with Gasteiger partial charge in [0.1, 0.15) is 11.5 Å². The minimum atomic E-state index is -0.351. The van der Waals surface area contributed by atoms with Gasteiger partial charge in [0.2, 0.25) is 0 Å². The Bertz CT molecular complexity index is 473. The number of hydrogen-bond donors (Lipinski definition) is 2. The summed E-state index contributed by atoms with van der Waals surface area (Å²) < 4.78 is 5.21. The third-order valence-electron chi connectivity index (χ3n) is 2.42. The zero-order valence-corrected chi connectivity index (χ0v) is 10.9. The van der Waals surface area contributed by atoms with Crippen LogP contribution in [0.1, 0.15) is 16.5 Å². The molecule has 0 bridgehead atoms. The van der Waals surface area contributed by atoms with Crippen LogP contribution in [0, 0.1) is 0 Å². The molecule has 0 aliphatic carbocycles. The molecule has 1 aromatic heterocycles. The molecule has 92 valence electrons. The Balaban J connectivity index is 0.00000144. The average molecular weight is 272 g/mol. The molecule has 2 aromatic rings. The van der Waals surface area contributed by atoms with Crippen LogP contribution in [-0.2, 0) is 0 Å². The monoisotopic (exact) mass is 271 g/mol. The molecule has 0 fully saturated rings. The normalized spacial score (nSPS) is 11.6. The first-order valence-electron chi connectivity index (χ1n) is 4.89. The van der Waals surface area contributed by atoms with Crippen molar-refractivity contribution in [3.05, 3.63) is 46.2 Å². The van der Waals surface area contributed by atoms with Gasteiger partial charge in [0.05, 0.1) is 18.7 Å². The third-order valence-corrected chi connectivity index (χ3v) is 3.38. The molecule has 1 atom stereocenters. The van der Waals surface area contributed by atoms with Gasteiger partial charge in [-0.2, -0.15) is 0 Å². The molecule has 0 aliphatic heterocycles. The molecule has 1 aromatic carbocycles. The Morgan fingerprint density at radius 3 is 2.65 bits per heavy atom. The number of benzene rings is 1. The fraction of sp³-hybridized carbons (Fsp3) is 0.167. The summed E-state index contributed by atoms with van der Waals surface area (Å²) in [5, 5.41) is 11.8. The number of ether oxygens (including phenoxy) is 1. The third kappa shape index (κ3) is 2.72. The molecule has 0 saturated carbocycles. The second-order valence-corrected chi connectivity index (χ2v) is 4.37. The largest absolute Gasteiger partial charge is 0.507 e. The summed E-state index contributed by atoms with van der Waals surface area (Å²) in [6, 6.07) is 8.68. The topological polar surface area (TPSA) is 55.5 Å². The highest BCUT2D eigenvalue weighted by Crippen LogP contribution is 2.36. The maximum Gasteiger partial charge on any atom is 0.127 e. The van der Waals surface area contributed by atoms with E-state index < -0.39 is 0 Å². The van der Waals surface area contributed by atoms with Gasteiger partial charge in [-0.1, -0.05) is 12.1 Å². The van der Waals surface area contributed by atoms with Crippen molar-refractivity contribution in [1.29, 1.82) is 0 Å². The van der Waals surface area contributed by atoms with Crippen LogP contribution in [0.3, 0.4) is 0 Å². The molecule has 0 amide bonds. The molecule has 0 radical (unpaired) electrons. The summed E-state index contributed by atoms with van der Waals surface area (Å²) in [5.74, 6) is 0.779. The SMILES string of the molecule is COc1cccc(O)c1[C@H](N)c1cccs1.Cl. The van der Waals surface area contributed by atoms with Gasteiger partial charge in [0.15, 0.2) is 0 Å². The Labute approximate surface area is 110 Å². The lowest BCUT2D eigenvalue weighted by molar-refractivity contribution is 0.397. The minimum Gasteiger partial charge on any atom is -0.507 e. The summed E-state index contributed by atoms with van der Waals surface area (Å²) >= 11 is 1.56. The molecular formula is C12H14ClNO2S. The van der Waals surface area contributed by atoms with Crippen molar-refractivity contribution in [2.24, 2.45) is 5.73 Å². The second-order valence-electron chi connectivity index (χ2n) is 3.39. The van der Waals surface area contributed by atoms with Gasteiger partial charge in [0, 0.05) is 4.88 Å². The molecule has 1 heterocycles. The number of phenolic OH excluding ortho intramolecular Hbond substituents is 1. The van der Waals surface area contributed by atoms with E-state index in [0.29, 0.717) is 11.3 Å². The van der Waals surface area contributed by atoms with Crippen LogP contribution in [0.4, 0.5) is 0 Å². The lowest BCUT2D eigenvalue weighted by Gasteiger charge is -2.15. The number of hydrogen-bond acceptors (Lipinski definition) is 4. The van der Waals surface area contributed by atoms with E-state index in [9.17, 15) is 5.11 Å². The predicted octanol–water partition coefficient (Wildman–Crippen LogP) is 2.93. The summed E-state index contributed by atoms with van der Waals surface area (Å²) in [5.41, 5.74) is 6.74. The van der Waals surface area contributed by atoms with E-state index in [0.717, 1.165) is 4.88 Å². The molecular weight excluding hydrogens is 258 g/mol. The first kappa shape index (κ1) is 13.8. The highest BCUT2D eigenvalue weighted by Gasteiger charge is 2.18. The number of methoxy groups -OCH3 is 1. The van der Waals surface area contributed by atoms with Gasteiger partial charge < -0.3 is 15.6 Å². The van der Waals surface area contributed by atoms with Gasteiger partial charge >= 0.3 is 0 Å². The Morgan fingerprint density at radius 2 is 2.06 bits per heavy atom. The summed E-state index contributed by atoms with van der Waals surface area (Å²) in [7, 11) is 1.57. The van der Waals surface area contributed by atoms with Crippen LogP contribution >= 0.6 is 23.7 Å². The fourth-order valence-electron chi connectivity index (χ4n) is 1.63. The second kappa shape index (κ2) is 5.91. The molecule has 3 N–H and O–H groups in total. The summed E-state index contributed by atoms with van der Waals surface area (Å²) in [6.45, 7) is 0. The van der Waals surface area contributed by atoms with Gasteiger partial charge in [-0.15, -0.1) is 23.7 Å². The molecule has 2 rings (SSSR count). The van der Waals surface area contributed by atoms with Crippen LogP contribution in [0.5, 0.6) is 11.5 Å². The molecule has 0 saturated heterocycles. The first-order chi connectivity index (χ1) is 7.74. The van der Waals surface area contributed by atoms with Gasteiger partial charge in [-0.25, -0.2) is 0 Å². The molecule has 5 heteroatoms. The fourth-order valence-corrected chi connectivity index (χ4v) is 2.37. The van der Waals surface area contributed by atoms with E-state index in [2.05, 4.69) is 0 Å². The van der Waals surface area contributed by atoms with Crippen molar-refractivity contribution < 1.29 is 9.84 Å². The maximum absolute atomic E-state index is 9.84. The lowest BCUT2D eigenvalue weighted by Crippen LogP contribution is -2.11. The number of rotatable bonds is 3. The number of phenols is 1. The summed E-state index contributed by atoms with van der Waals surface area (Å²) in [6.07, 6.45) is 0. The van der Waals surface area contributed by atoms with E-state index in [1.165, 1.54) is 0 Å². The quantitative estimate of drug-likeness (QED) is 0.902. The maximum atomic E-state index is 9.84. The molecule has 3 nitrogen and oxygen atoms in total. The van der Waals surface area contributed by atoms with E-state index in [-0.39, 0.29) is 24.2 Å². The standard InChI is InChI=1S/C12H13NO2S.ClH/c1-15-9-5-2-4-8(14)11(9)12(13)10-6-3-7-16-10;/h2-7,12,14H,13H2,1H3;1H/t12-;/m1./s1. The first-order valence-corrected chi connectivity index (χ1v) is 5.77. The smallest absolute Gasteiger partial charge is 0.127 e. The molecule has 0 unspecified atom stereocenters. The van der Waals surface area contributed by atoms with Gasteiger partial charge in [-0.3, -0.25) is 0 Å². The van der Waals surface area contributed by atoms with Crippen molar-refractivity contribution in [2.45, 2.75) is 6.04 Å². The van der Waals surface area contributed by atoms with E-state index in [1.54, 1.807) is 36.6 Å². The van der Waals surface area contributed by atoms with E-state index in [4.69, 9.17) is 10.5 Å². The minimum absolute atomic E-state index is 0. The van der Waals surface area contributed by atoms with Crippen LogP contribution in [0.2, 0.25) is 0 Å². The predicted molar refractivity (Wildman–Crippen MR) is 72.3 cm³/mol. The lowest BCUT2D eigenvalue weighted by atomic mass is 10.0. The summed E-state index contributed by atoms with van der Waals surface area (Å²) in [4.78, 5) is 1.000. The van der Waals surface area contributed by atoms with Crippen molar-refractivity contribution >= 4 is 23.7 Å². The zero-order chi connectivity index (χ0) is 11.5. The number of thiophene rings is 1. The van der Waals surface area contributed by atoms with Crippen LogP contribution in [0.25, 0.3) is 0 Å². The van der Waals surface area contributed by atoms with Crippen molar-refractivity contribution in [3.8, 4) is 11.5 Å².